The van der Waals surface area contributed by atoms with Gasteiger partial charge in [0.2, 0.25) is 0 Å². The van der Waals surface area contributed by atoms with Gasteiger partial charge in [-0.25, -0.2) is 9.82 Å². The summed E-state index contributed by atoms with van der Waals surface area (Å²) in [6, 6.07) is 16.8. The lowest BCUT2D eigenvalue weighted by Crippen LogP contribution is -2.21. The lowest BCUT2D eigenvalue weighted by molar-refractivity contribution is 0.0956. The lowest BCUT2D eigenvalue weighted by atomic mass is 10.1. The molecular formula is C24H21ClFN3O5S2. The van der Waals surface area contributed by atoms with E-state index in [1.54, 1.807) is 30.3 Å². The third-order valence-corrected chi connectivity index (χ3v) is 6.89. The summed E-state index contributed by atoms with van der Waals surface area (Å²) in [6.45, 7) is 0. The first kappa shape index (κ1) is 27.3. The van der Waals surface area contributed by atoms with Crippen molar-refractivity contribution < 1.29 is 27.0 Å². The Kier molecular flexibility index (Phi) is 9.59. The first-order valence-corrected chi connectivity index (χ1v) is 13.6. The van der Waals surface area contributed by atoms with Gasteiger partial charge >= 0.3 is 0 Å². The summed E-state index contributed by atoms with van der Waals surface area (Å²) in [5, 5.41) is 6.79. The van der Waals surface area contributed by atoms with E-state index in [1.165, 1.54) is 54.4 Å². The maximum absolute atomic E-state index is 13.3. The van der Waals surface area contributed by atoms with Crippen LogP contribution in [0.15, 0.2) is 71.8 Å². The zero-order valence-electron chi connectivity index (χ0n) is 18.6. The quantitative estimate of drug-likeness (QED) is 0.147. The van der Waals surface area contributed by atoms with Crippen molar-refractivity contribution in [1.82, 2.24) is 5.43 Å². The van der Waals surface area contributed by atoms with Gasteiger partial charge in [0.1, 0.15) is 5.82 Å². The summed E-state index contributed by atoms with van der Waals surface area (Å²) < 4.78 is 43.7. The topological polar surface area (TPSA) is 125 Å². The number of anilines is 1. The van der Waals surface area contributed by atoms with Crippen LogP contribution in [-0.4, -0.2) is 42.5 Å². The number of amides is 2. The van der Waals surface area contributed by atoms with Crippen molar-refractivity contribution in [3.05, 3.63) is 99.8 Å². The maximum atomic E-state index is 13.3. The van der Waals surface area contributed by atoms with Gasteiger partial charge in [-0.2, -0.15) is 25.3 Å². The van der Waals surface area contributed by atoms with E-state index >= 15 is 0 Å². The molecule has 0 fully saturated rings. The van der Waals surface area contributed by atoms with Crippen molar-refractivity contribution >= 4 is 57.2 Å². The molecule has 0 saturated carbocycles. The number of hydrogen-bond donors (Lipinski definition) is 3. The Morgan fingerprint density at radius 1 is 1.06 bits per heavy atom. The number of nitrogens with one attached hydrogen (secondary N) is 2. The molecule has 0 atom stereocenters. The number of carbonyl (C=O) groups is 2. The first-order valence-electron chi connectivity index (χ1n) is 10.4. The maximum Gasteiger partial charge on any atom is 0.273 e. The normalized spacial score (nSPS) is 11.4. The van der Waals surface area contributed by atoms with E-state index in [-0.39, 0.29) is 27.8 Å². The van der Waals surface area contributed by atoms with Crippen LogP contribution in [0.4, 0.5) is 10.1 Å². The standard InChI is InChI=1S/C24H21ClFN3O5S2/c25-19-7-8-22(21(13-19)24(31)29-27-14-16-3-2-6-20(26)12-16)28-23(30)18-5-1-4-17(11-18)15-35-9-10-36(32,33)34/h1-8,11-14H,9-10,15H2,(H,28,30)(H,29,31)(H,32,33,34). The Labute approximate surface area is 216 Å². The van der Waals surface area contributed by atoms with Crippen LogP contribution in [0.3, 0.4) is 0 Å². The Hall–Kier alpha value is -3.25. The van der Waals surface area contributed by atoms with Crippen molar-refractivity contribution in [3.63, 3.8) is 0 Å². The second kappa shape index (κ2) is 12.6. The molecule has 0 spiro atoms. The molecule has 0 radical (unpaired) electrons. The summed E-state index contributed by atoms with van der Waals surface area (Å²) in [5.41, 5.74) is 4.17. The molecule has 36 heavy (non-hydrogen) atoms. The fraction of sp³-hybridized carbons (Fsp3) is 0.125. The van der Waals surface area contributed by atoms with Crippen LogP contribution in [0, 0.1) is 5.82 Å². The highest BCUT2D eigenvalue weighted by molar-refractivity contribution is 7.99. The predicted molar refractivity (Wildman–Crippen MR) is 140 cm³/mol. The summed E-state index contributed by atoms with van der Waals surface area (Å²) in [5.74, 6) is -1.25. The van der Waals surface area contributed by atoms with E-state index in [0.29, 0.717) is 16.9 Å². The van der Waals surface area contributed by atoms with Gasteiger partial charge in [0.25, 0.3) is 21.9 Å². The molecule has 0 aliphatic carbocycles. The van der Waals surface area contributed by atoms with Crippen LogP contribution in [0.5, 0.6) is 0 Å². The third kappa shape index (κ3) is 8.76. The largest absolute Gasteiger partial charge is 0.321 e. The monoisotopic (exact) mass is 549 g/mol. The second-order valence-electron chi connectivity index (χ2n) is 7.44. The molecule has 3 rings (SSSR count). The minimum absolute atomic E-state index is 0.0733. The van der Waals surface area contributed by atoms with E-state index in [2.05, 4.69) is 15.8 Å². The molecule has 188 valence electrons. The number of thioether (sulfide) groups is 1. The lowest BCUT2D eigenvalue weighted by Gasteiger charge is -2.11. The van der Waals surface area contributed by atoms with E-state index in [4.69, 9.17) is 16.2 Å². The fourth-order valence-electron chi connectivity index (χ4n) is 2.98. The molecular weight excluding hydrogens is 529 g/mol. The van der Waals surface area contributed by atoms with Crippen LogP contribution in [0.25, 0.3) is 0 Å². The molecule has 0 aliphatic rings. The van der Waals surface area contributed by atoms with Crippen LogP contribution < -0.4 is 10.7 Å². The van der Waals surface area contributed by atoms with Crippen molar-refractivity contribution in [2.24, 2.45) is 5.10 Å². The molecule has 8 nitrogen and oxygen atoms in total. The number of rotatable bonds is 10. The Balaban J connectivity index is 1.67. The SMILES string of the molecule is O=C(Nc1ccc(Cl)cc1C(=O)NN=Cc1cccc(F)c1)c1cccc(CSCCS(=O)(=O)O)c1. The molecule has 3 aromatic rings. The number of carbonyl (C=O) groups excluding carboxylic acids is 2. The molecule has 0 saturated heterocycles. The minimum atomic E-state index is -4.02. The Morgan fingerprint density at radius 3 is 2.58 bits per heavy atom. The fourth-order valence-corrected chi connectivity index (χ4v) is 5.02. The molecule has 12 heteroatoms. The van der Waals surface area contributed by atoms with Gasteiger partial charge in [-0.3, -0.25) is 14.1 Å². The molecule has 0 aliphatic heterocycles. The molecule has 0 heterocycles. The second-order valence-corrected chi connectivity index (χ2v) is 10.6. The molecule has 0 unspecified atom stereocenters. The van der Waals surface area contributed by atoms with Gasteiger partial charge in [-0.15, -0.1) is 0 Å². The van der Waals surface area contributed by atoms with Crippen molar-refractivity contribution in [3.8, 4) is 0 Å². The van der Waals surface area contributed by atoms with Crippen LogP contribution >= 0.6 is 23.4 Å². The predicted octanol–water partition coefficient (Wildman–Crippen LogP) is 4.62. The Bertz CT molecular complexity index is 1400. The molecule has 0 aromatic heterocycles. The zero-order valence-corrected chi connectivity index (χ0v) is 21.0. The molecule has 2 amide bonds. The van der Waals surface area contributed by atoms with Gasteiger partial charge < -0.3 is 5.32 Å². The van der Waals surface area contributed by atoms with Crippen LogP contribution in [0.2, 0.25) is 5.02 Å². The summed E-state index contributed by atoms with van der Waals surface area (Å²) in [7, 11) is -4.02. The van der Waals surface area contributed by atoms with E-state index < -0.39 is 27.7 Å². The van der Waals surface area contributed by atoms with Crippen molar-refractivity contribution in [1.29, 1.82) is 0 Å². The van der Waals surface area contributed by atoms with Gasteiger partial charge in [0.15, 0.2) is 0 Å². The van der Waals surface area contributed by atoms with E-state index in [1.807, 2.05) is 0 Å². The summed E-state index contributed by atoms with van der Waals surface area (Å²) in [4.78, 5) is 25.6. The van der Waals surface area contributed by atoms with Gasteiger partial charge in [0, 0.05) is 22.1 Å². The highest BCUT2D eigenvalue weighted by Crippen LogP contribution is 2.22. The van der Waals surface area contributed by atoms with Gasteiger partial charge in [-0.1, -0.05) is 35.9 Å². The van der Waals surface area contributed by atoms with Gasteiger partial charge in [0.05, 0.1) is 23.2 Å². The molecule has 0 bridgehead atoms. The number of halogens is 2. The summed E-state index contributed by atoms with van der Waals surface area (Å²) >= 11 is 7.34. The van der Waals surface area contributed by atoms with Crippen molar-refractivity contribution in [2.75, 3.05) is 16.8 Å². The highest BCUT2D eigenvalue weighted by atomic mass is 35.5. The van der Waals surface area contributed by atoms with Gasteiger partial charge in [-0.05, 0) is 53.6 Å². The molecule has 3 N–H and O–H groups in total. The third-order valence-electron chi connectivity index (χ3n) is 4.65. The smallest absolute Gasteiger partial charge is 0.273 e. The average Bonchev–Trinajstić information content (AvgIpc) is 2.82. The van der Waals surface area contributed by atoms with Crippen molar-refractivity contribution in [2.45, 2.75) is 5.75 Å². The first-order chi connectivity index (χ1) is 17.1. The highest BCUT2D eigenvalue weighted by Gasteiger charge is 2.15. The van der Waals surface area contributed by atoms with Crippen LogP contribution in [0.1, 0.15) is 31.8 Å². The number of hydrazone groups is 1. The van der Waals surface area contributed by atoms with Crippen LogP contribution in [-0.2, 0) is 15.9 Å². The molecule has 3 aromatic carbocycles. The number of nitrogens with zero attached hydrogens (tertiary/aromatic N) is 1. The number of benzene rings is 3. The zero-order chi connectivity index (χ0) is 26.1. The van der Waals surface area contributed by atoms with E-state index in [9.17, 15) is 22.4 Å². The average molecular weight is 550 g/mol. The number of hydrogen-bond acceptors (Lipinski definition) is 6. The Morgan fingerprint density at radius 2 is 1.83 bits per heavy atom. The van der Waals surface area contributed by atoms with E-state index in [0.717, 1.165) is 5.56 Å². The minimum Gasteiger partial charge on any atom is -0.321 e. The summed E-state index contributed by atoms with van der Waals surface area (Å²) in [6.07, 6.45) is 1.28.